The van der Waals surface area contributed by atoms with E-state index in [4.69, 9.17) is 0 Å². The van der Waals surface area contributed by atoms with E-state index in [0.29, 0.717) is 6.42 Å². The van der Waals surface area contributed by atoms with Crippen molar-refractivity contribution in [1.29, 1.82) is 0 Å². The highest BCUT2D eigenvalue weighted by atomic mass is 19.4. The molecule has 0 unspecified atom stereocenters. The van der Waals surface area contributed by atoms with Crippen LogP contribution in [0.2, 0.25) is 0 Å². The SMILES string of the molecule is FC(F)(F)c1ccc2c(c1)CCc1c-2ccc2c1CCc1ccccc1-2. The van der Waals surface area contributed by atoms with E-state index in [2.05, 4.69) is 36.4 Å². The Morgan fingerprint density at radius 3 is 1.85 bits per heavy atom. The summed E-state index contributed by atoms with van der Waals surface area (Å²) in [5.41, 5.74) is 9.01. The van der Waals surface area contributed by atoms with Gasteiger partial charge in [0.1, 0.15) is 0 Å². The van der Waals surface area contributed by atoms with Gasteiger partial charge in [0.15, 0.2) is 0 Å². The first-order chi connectivity index (χ1) is 12.5. The predicted octanol–water partition coefficient (Wildman–Crippen LogP) is 6.24. The van der Waals surface area contributed by atoms with E-state index in [1.807, 2.05) is 0 Å². The molecule has 130 valence electrons. The van der Waals surface area contributed by atoms with Crippen molar-refractivity contribution < 1.29 is 13.2 Å². The molecule has 3 heteroatoms. The first-order valence-electron chi connectivity index (χ1n) is 8.96. The van der Waals surface area contributed by atoms with Crippen molar-refractivity contribution in [3.05, 3.63) is 82.4 Å². The third-order valence-corrected chi connectivity index (χ3v) is 5.75. The zero-order valence-electron chi connectivity index (χ0n) is 14.2. The van der Waals surface area contributed by atoms with Gasteiger partial charge in [-0.1, -0.05) is 42.5 Å². The van der Waals surface area contributed by atoms with E-state index < -0.39 is 11.7 Å². The molecule has 2 aliphatic rings. The lowest BCUT2D eigenvalue weighted by molar-refractivity contribution is -0.137. The molecule has 2 aliphatic carbocycles. The van der Waals surface area contributed by atoms with Gasteiger partial charge in [0.05, 0.1) is 5.56 Å². The largest absolute Gasteiger partial charge is 0.416 e. The number of halogens is 3. The molecule has 0 bridgehead atoms. The van der Waals surface area contributed by atoms with Crippen LogP contribution >= 0.6 is 0 Å². The maximum absolute atomic E-state index is 13.0. The molecule has 0 aliphatic heterocycles. The summed E-state index contributed by atoms with van der Waals surface area (Å²) >= 11 is 0. The smallest absolute Gasteiger partial charge is 0.166 e. The van der Waals surface area contributed by atoms with Crippen LogP contribution in [0.4, 0.5) is 13.2 Å². The van der Waals surface area contributed by atoms with E-state index in [-0.39, 0.29) is 0 Å². The molecule has 0 amide bonds. The van der Waals surface area contributed by atoms with Gasteiger partial charge in [-0.3, -0.25) is 0 Å². The zero-order valence-corrected chi connectivity index (χ0v) is 14.2. The van der Waals surface area contributed by atoms with Gasteiger partial charge >= 0.3 is 6.18 Å². The van der Waals surface area contributed by atoms with E-state index in [9.17, 15) is 13.2 Å². The summed E-state index contributed by atoms with van der Waals surface area (Å²) in [6, 6.07) is 16.9. The number of rotatable bonds is 0. The standard InChI is InChI=1S/C23H17F3/c24-23(25,26)16-7-10-18-15(13-16)6-9-22-20(18)12-11-19-17-4-2-1-3-14(17)5-8-21(19)22/h1-4,7,10-13H,5-6,8-9H2. The van der Waals surface area contributed by atoms with Crippen molar-refractivity contribution in [2.45, 2.75) is 31.9 Å². The fraction of sp³-hybridized carbons (Fsp3) is 0.217. The van der Waals surface area contributed by atoms with Crippen molar-refractivity contribution in [2.24, 2.45) is 0 Å². The molecule has 26 heavy (non-hydrogen) atoms. The van der Waals surface area contributed by atoms with Crippen LogP contribution in [0.15, 0.2) is 54.6 Å². The van der Waals surface area contributed by atoms with Gasteiger partial charge < -0.3 is 0 Å². The summed E-state index contributed by atoms with van der Waals surface area (Å²) < 4.78 is 39.1. The second-order valence-electron chi connectivity index (χ2n) is 7.14. The van der Waals surface area contributed by atoms with Crippen LogP contribution in [-0.2, 0) is 31.9 Å². The summed E-state index contributed by atoms with van der Waals surface area (Å²) in [6.45, 7) is 0. The second kappa shape index (κ2) is 5.47. The molecule has 0 aromatic heterocycles. The number of hydrogen-bond acceptors (Lipinski definition) is 0. The Morgan fingerprint density at radius 1 is 0.577 bits per heavy atom. The van der Waals surface area contributed by atoms with Gasteiger partial charge in [0.25, 0.3) is 0 Å². The van der Waals surface area contributed by atoms with Crippen molar-refractivity contribution in [2.75, 3.05) is 0 Å². The first-order valence-corrected chi connectivity index (χ1v) is 8.96. The highest BCUT2D eigenvalue weighted by Gasteiger charge is 2.32. The third-order valence-electron chi connectivity index (χ3n) is 5.75. The third kappa shape index (κ3) is 2.30. The number of alkyl halides is 3. The summed E-state index contributed by atoms with van der Waals surface area (Å²) in [7, 11) is 0. The number of aryl methyl sites for hydroxylation is 2. The highest BCUT2D eigenvalue weighted by molar-refractivity contribution is 5.82. The Balaban J connectivity index is 1.67. The Labute approximate surface area is 150 Å². The lowest BCUT2D eigenvalue weighted by Gasteiger charge is -2.28. The molecule has 0 fully saturated rings. The number of fused-ring (bicyclic) bond motifs is 7. The lowest BCUT2D eigenvalue weighted by Crippen LogP contribution is -2.13. The van der Waals surface area contributed by atoms with Crippen molar-refractivity contribution in [3.8, 4) is 22.3 Å². The molecule has 0 saturated carbocycles. The minimum atomic E-state index is -4.28. The fourth-order valence-electron chi connectivity index (χ4n) is 4.53. The fourth-order valence-corrected chi connectivity index (χ4v) is 4.53. The van der Waals surface area contributed by atoms with Crippen molar-refractivity contribution in [3.63, 3.8) is 0 Å². The molecule has 0 radical (unpaired) electrons. The van der Waals surface area contributed by atoms with E-state index in [1.165, 1.54) is 39.9 Å². The minimum Gasteiger partial charge on any atom is -0.166 e. The molecule has 0 spiro atoms. The molecule has 0 heterocycles. The molecule has 0 atom stereocenters. The number of hydrogen-bond donors (Lipinski definition) is 0. The van der Waals surface area contributed by atoms with Crippen LogP contribution in [0.1, 0.15) is 27.8 Å². The van der Waals surface area contributed by atoms with Crippen molar-refractivity contribution >= 4 is 0 Å². The van der Waals surface area contributed by atoms with Crippen LogP contribution < -0.4 is 0 Å². The molecular weight excluding hydrogens is 333 g/mol. The zero-order chi connectivity index (χ0) is 17.9. The Hall–Kier alpha value is -2.55. The summed E-state index contributed by atoms with van der Waals surface area (Å²) in [5.74, 6) is 0. The van der Waals surface area contributed by atoms with Gasteiger partial charge in [-0.2, -0.15) is 13.2 Å². The van der Waals surface area contributed by atoms with Crippen LogP contribution in [0.5, 0.6) is 0 Å². The molecular formula is C23H17F3. The topological polar surface area (TPSA) is 0 Å². The molecule has 0 nitrogen and oxygen atoms in total. The Morgan fingerprint density at radius 2 is 1.15 bits per heavy atom. The molecule has 0 N–H and O–H groups in total. The number of benzene rings is 3. The van der Waals surface area contributed by atoms with Gasteiger partial charge in [0, 0.05) is 0 Å². The van der Waals surface area contributed by atoms with E-state index >= 15 is 0 Å². The van der Waals surface area contributed by atoms with Crippen LogP contribution in [0.25, 0.3) is 22.3 Å². The van der Waals surface area contributed by atoms with Gasteiger partial charge in [0.2, 0.25) is 0 Å². The van der Waals surface area contributed by atoms with Gasteiger partial charge in [-0.05, 0) is 82.3 Å². The monoisotopic (exact) mass is 350 g/mol. The Bertz CT molecular complexity index is 1030. The second-order valence-corrected chi connectivity index (χ2v) is 7.14. The predicted molar refractivity (Wildman–Crippen MR) is 97.1 cm³/mol. The molecule has 3 aromatic rings. The highest BCUT2D eigenvalue weighted by Crippen LogP contribution is 2.43. The Kier molecular flexibility index (Phi) is 3.30. The summed E-state index contributed by atoms with van der Waals surface area (Å²) in [6.07, 6.45) is -0.765. The quantitative estimate of drug-likeness (QED) is 0.450. The normalized spacial score (nSPS) is 14.9. The van der Waals surface area contributed by atoms with Gasteiger partial charge in [-0.25, -0.2) is 0 Å². The molecule has 5 rings (SSSR count). The van der Waals surface area contributed by atoms with E-state index in [0.717, 1.165) is 36.0 Å². The summed E-state index contributed by atoms with van der Waals surface area (Å²) in [5, 5.41) is 0. The summed E-state index contributed by atoms with van der Waals surface area (Å²) in [4.78, 5) is 0. The maximum atomic E-state index is 13.0. The lowest BCUT2D eigenvalue weighted by atomic mass is 9.76. The van der Waals surface area contributed by atoms with Gasteiger partial charge in [-0.15, -0.1) is 0 Å². The first kappa shape index (κ1) is 15.7. The van der Waals surface area contributed by atoms with Crippen LogP contribution in [0, 0.1) is 0 Å². The molecule has 3 aromatic carbocycles. The minimum absolute atomic E-state index is 0.549. The maximum Gasteiger partial charge on any atom is 0.416 e. The average Bonchev–Trinajstić information content (AvgIpc) is 2.66. The molecule has 0 saturated heterocycles. The van der Waals surface area contributed by atoms with Crippen LogP contribution in [-0.4, -0.2) is 0 Å². The van der Waals surface area contributed by atoms with Crippen LogP contribution in [0.3, 0.4) is 0 Å². The van der Waals surface area contributed by atoms with E-state index in [1.54, 1.807) is 6.07 Å². The van der Waals surface area contributed by atoms with Crippen molar-refractivity contribution in [1.82, 2.24) is 0 Å². The average molecular weight is 350 g/mol.